The first-order chi connectivity index (χ1) is 20.5. The number of aliphatic carboxylic acids is 1. The molecule has 0 aliphatic rings. The Morgan fingerprint density at radius 2 is 1.53 bits per heavy atom. The lowest BCUT2D eigenvalue weighted by Crippen LogP contribution is -2.26. The molecule has 7 nitrogen and oxygen atoms in total. The lowest BCUT2D eigenvalue weighted by Gasteiger charge is -2.19. The number of nitrogens with zero attached hydrogens (tertiary/aromatic N) is 2. The molecule has 0 aliphatic carbocycles. The van der Waals surface area contributed by atoms with E-state index in [1.54, 1.807) is 19.2 Å². The van der Waals surface area contributed by atoms with Crippen LogP contribution in [0.4, 0.5) is 0 Å². The fraction of sp³-hybridized carbons (Fsp3) is 0.250. The summed E-state index contributed by atoms with van der Waals surface area (Å²) in [6.07, 6.45) is -0.119. The highest BCUT2D eigenvalue weighted by Crippen LogP contribution is 2.34. The summed E-state index contributed by atoms with van der Waals surface area (Å²) in [6, 6.07) is 30.4. The van der Waals surface area contributed by atoms with Crippen molar-refractivity contribution in [3.63, 3.8) is 0 Å². The smallest absolute Gasteiger partial charge is 0.305 e. The summed E-state index contributed by atoms with van der Waals surface area (Å²) in [5, 5.41) is 18.8. The van der Waals surface area contributed by atoms with Crippen LogP contribution in [0.25, 0.3) is 33.3 Å². The Morgan fingerprint density at radius 1 is 0.884 bits per heavy atom. The van der Waals surface area contributed by atoms with Crippen molar-refractivity contribution in [1.29, 1.82) is 0 Å². The van der Waals surface area contributed by atoms with Crippen LogP contribution >= 0.6 is 0 Å². The molecule has 0 aliphatic heterocycles. The van der Waals surface area contributed by atoms with E-state index in [0.29, 0.717) is 5.56 Å². The van der Waals surface area contributed by atoms with Gasteiger partial charge in [-0.3, -0.25) is 14.3 Å². The maximum atomic E-state index is 12.5. The normalized spacial score (nSPS) is 12.2. The fourth-order valence-electron chi connectivity index (χ4n) is 5.14. The van der Waals surface area contributed by atoms with Gasteiger partial charge < -0.3 is 15.2 Å². The number of ether oxygens (including phenoxy) is 1. The molecule has 7 heteroatoms. The number of amides is 1. The molecule has 1 aromatic heterocycles. The predicted octanol–water partition coefficient (Wildman–Crippen LogP) is 7.49. The molecule has 1 amide bonds. The molecule has 43 heavy (non-hydrogen) atoms. The molecule has 5 aromatic rings. The van der Waals surface area contributed by atoms with Crippen LogP contribution in [-0.2, 0) is 10.2 Å². The molecular formula is C36H37N3O4. The highest BCUT2D eigenvalue weighted by atomic mass is 16.5. The van der Waals surface area contributed by atoms with E-state index in [1.165, 1.54) is 5.56 Å². The topological polar surface area (TPSA) is 93.5 Å². The summed E-state index contributed by atoms with van der Waals surface area (Å²) in [7, 11) is 1.67. The SMILES string of the molecule is COc1ccc2cc(-c3cc(-c4ccc(C(C)(C)C)cc4)nn3C(C)c3ccc(C(=O)NCCC(=O)O)cc3)ccc2c1. The molecule has 1 unspecified atom stereocenters. The first kappa shape index (κ1) is 29.6. The van der Waals surface area contributed by atoms with Crippen molar-refractivity contribution in [3.8, 4) is 28.3 Å². The third-order valence-electron chi connectivity index (χ3n) is 7.77. The molecule has 1 atom stereocenters. The van der Waals surface area contributed by atoms with Gasteiger partial charge in [-0.1, -0.05) is 75.4 Å². The number of hydrogen-bond acceptors (Lipinski definition) is 4. The fourth-order valence-corrected chi connectivity index (χ4v) is 5.14. The van der Waals surface area contributed by atoms with Crippen molar-refractivity contribution < 1.29 is 19.4 Å². The molecule has 220 valence electrons. The lowest BCUT2D eigenvalue weighted by atomic mass is 9.86. The van der Waals surface area contributed by atoms with Gasteiger partial charge in [0.05, 0.1) is 31.0 Å². The third-order valence-corrected chi connectivity index (χ3v) is 7.77. The molecule has 0 bridgehead atoms. The minimum Gasteiger partial charge on any atom is -0.497 e. The number of carboxylic acids is 1. The van der Waals surface area contributed by atoms with Gasteiger partial charge in [-0.15, -0.1) is 0 Å². The van der Waals surface area contributed by atoms with Gasteiger partial charge in [0.15, 0.2) is 0 Å². The first-order valence-corrected chi connectivity index (χ1v) is 14.4. The lowest BCUT2D eigenvalue weighted by molar-refractivity contribution is -0.136. The number of benzene rings is 4. The summed E-state index contributed by atoms with van der Waals surface area (Å²) < 4.78 is 7.45. The van der Waals surface area contributed by atoms with E-state index in [0.717, 1.165) is 44.6 Å². The average molecular weight is 576 g/mol. The van der Waals surface area contributed by atoms with Crippen LogP contribution in [0.2, 0.25) is 0 Å². The van der Waals surface area contributed by atoms with Crippen molar-refractivity contribution in [1.82, 2.24) is 15.1 Å². The molecule has 5 rings (SSSR count). The number of carbonyl (C=O) groups excluding carboxylic acids is 1. The Bertz CT molecular complexity index is 1760. The van der Waals surface area contributed by atoms with Crippen molar-refractivity contribution >= 4 is 22.6 Å². The van der Waals surface area contributed by atoms with Crippen LogP contribution in [0.15, 0.2) is 91.0 Å². The Labute approximate surface area is 252 Å². The quantitative estimate of drug-likeness (QED) is 0.190. The Kier molecular flexibility index (Phi) is 8.35. The van der Waals surface area contributed by atoms with Gasteiger partial charge in [0.1, 0.15) is 5.75 Å². The highest BCUT2D eigenvalue weighted by Gasteiger charge is 2.20. The van der Waals surface area contributed by atoms with Crippen LogP contribution in [-0.4, -0.2) is 40.4 Å². The van der Waals surface area contributed by atoms with Gasteiger partial charge in [-0.05, 0) is 70.6 Å². The number of fused-ring (bicyclic) bond motifs is 1. The molecule has 0 saturated carbocycles. The summed E-state index contributed by atoms with van der Waals surface area (Å²) in [5.74, 6) is -0.428. The number of methoxy groups -OCH3 is 1. The van der Waals surface area contributed by atoms with Gasteiger partial charge in [-0.2, -0.15) is 5.10 Å². The van der Waals surface area contributed by atoms with Gasteiger partial charge in [0.25, 0.3) is 5.91 Å². The number of carbonyl (C=O) groups is 2. The van der Waals surface area contributed by atoms with Crippen LogP contribution in [0, 0.1) is 0 Å². The van der Waals surface area contributed by atoms with Crippen molar-refractivity contribution in [3.05, 3.63) is 108 Å². The second-order valence-electron chi connectivity index (χ2n) is 11.8. The number of nitrogens with one attached hydrogen (secondary N) is 1. The van der Waals surface area contributed by atoms with E-state index < -0.39 is 5.97 Å². The zero-order valence-corrected chi connectivity index (χ0v) is 25.2. The molecule has 0 saturated heterocycles. The van der Waals surface area contributed by atoms with Crippen LogP contribution in [0.3, 0.4) is 0 Å². The summed E-state index contributed by atoms with van der Waals surface area (Å²) >= 11 is 0. The molecule has 4 aromatic carbocycles. The monoisotopic (exact) mass is 575 g/mol. The van der Waals surface area contributed by atoms with E-state index in [2.05, 4.69) is 87.6 Å². The maximum absolute atomic E-state index is 12.5. The maximum Gasteiger partial charge on any atom is 0.305 e. The highest BCUT2D eigenvalue weighted by molar-refractivity contribution is 5.94. The zero-order chi connectivity index (χ0) is 30.7. The summed E-state index contributed by atoms with van der Waals surface area (Å²) in [5.41, 5.74) is 6.75. The Morgan fingerprint density at radius 3 is 2.19 bits per heavy atom. The average Bonchev–Trinajstić information content (AvgIpc) is 3.45. The number of hydrogen-bond donors (Lipinski definition) is 2. The number of aromatic nitrogens is 2. The van der Waals surface area contributed by atoms with Gasteiger partial charge in [0.2, 0.25) is 0 Å². The van der Waals surface area contributed by atoms with E-state index in [4.69, 9.17) is 14.9 Å². The second kappa shape index (κ2) is 12.1. The van der Waals surface area contributed by atoms with E-state index >= 15 is 0 Å². The van der Waals surface area contributed by atoms with Crippen molar-refractivity contribution in [2.24, 2.45) is 0 Å². The Balaban J connectivity index is 1.51. The number of carboxylic acid groups (broad SMARTS) is 1. The van der Waals surface area contributed by atoms with Crippen molar-refractivity contribution in [2.75, 3.05) is 13.7 Å². The van der Waals surface area contributed by atoms with Crippen LogP contribution in [0.1, 0.15) is 61.6 Å². The van der Waals surface area contributed by atoms with Gasteiger partial charge in [0, 0.05) is 23.2 Å². The molecular weight excluding hydrogens is 538 g/mol. The van der Waals surface area contributed by atoms with Crippen LogP contribution < -0.4 is 10.1 Å². The molecule has 0 fully saturated rings. The summed E-state index contributed by atoms with van der Waals surface area (Å²) in [6.45, 7) is 8.79. The first-order valence-electron chi connectivity index (χ1n) is 14.4. The second-order valence-corrected chi connectivity index (χ2v) is 11.8. The third kappa shape index (κ3) is 6.61. The van der Waals surface area contributed by atoms with Gasteiger partial charge in [-0.25, -0.2) is 0 Å². The molecule has 1 heterocycles. The van der Waals surface area contributed by atoms with E-state index in [-0.39, 0.29) is 30.3 Å². The van der Waals surface area contributed by atoms with E-state index in [1.807, 2.05) is 28.9 Å². The minimum absolute atomic E-state index is 0.0602. The summed E-state index contributed by atoms with van der Waals surface area (Å²) in [4.78, 5) is 23.3. The largest absolute Gasteiger partial charge is 0.497 e. The van der Waals surface area contributed by atoms with Gasteiger partial charge >= 0.3 is 5.97 Å². The van der Waals surface area contributed by atoms with E-state index in [9.17, 15) is 9.59 Å². The Hall–Kier alpha value is -4.91. The van der Waals surface area contributed by atoms with Crippen LogP contribution in [0.5, 0.6) is 5.75 Å². The number of rotatable bonds is 9. The van der Waals surface area contributed by atoms with Crippen molar-refractivity contribution in [2.45, 2.75) is 45.6 Å². The standard InChI is InChI=1S/C36H37N3O4/c1-23(24-6-8-26(9-7-24)35(42)37-19-18-34(40)41)39-33(29-11-10-28-21-31(43-5)17-14-27(28)20-29)22-32(38-39)25-12-15-30(16-13-25)36(2,3)4/h6-17,20-23H,18-19H2,1-5H3,(H,37,42)(H,40,41). The molecule has 2 N–H and O–H groups in total. The molecule has 0 spiro atoms. The minimum atomic E-state index is -0.949. The predicted molar refractivity (Wildman–Crippen MR) is 171 cm³/mol. The zero-order valence-electron chi connectivity index (χ0n) is 25.2. The molecule has 0 radical (unpaired) electrons.